The van der Waals surface area contributed by atoms with Crippen molar-refractivity contribution in [2.75, 3.05) is 26.9 Å². The molecule has 0 bridgehead atoms. The van der Waals surface area contributed by atoms with Gasteiger partial charge in [0, 0.05) is 25.9 Å². The van der Waals surface area contributed by atoms with Gasteiger partial charge < -0.3 is 15.6 Å². The van der Waals surface area contributed by atoms with E-state index in [1.165, 1.54) is 0 Å². The van der Waals surface area contributed by atoms with Gasteiger partial charge in [-0.25, -0.2) is 0 Å². The van der Waals surface area contributed by atoms with Crippen LogP contribution in [0.4, 0.5) is 0 Å². The number of aliphatic hydroxyl groups is 1. The maximum atomic E-state index is 9.14. The highest BCUT2D eigenvalue weighted by Crippen LogP contribution is 2.15. The molecule has 0 saturated carbocycles. The molecule has 1 fully saturated rings. The molecule has 0 aromatic carbocycles. The van der Waals surface area contributed by atoms with E-state index < -0.39 is 6.23 Å². The van der Waals surface area contributed by atoms with Crippen LogP contribution in [0.1, 0.15) is 12.8 Å². The second-order valence-corrected chi connectivity index (χ2v) is 3.82. The predicted molar refractivity (Wildman–Crippen MR) is 59.7 cm³/mol. The Balaban J connectivity index is 2.58. The third-order valence-electron chi connectivity index (χ3n) is 2.52. The fraction of sp³-hybridized carbons (Fsp3) is 0.800. The number of hydrogen-bond donors (Lipinski definition) is 2. The van der Waals surface area contributed by atoms with E-state index in [4.69, 9.17) is 20.8 Å². The number of aliphatic imine (C=N–C) groups is 1. The average Bonchev–Trinajstić information content (AvgIpc) is 2.26. The van der Waals surface area contributed by atoms with Crippen LogP contribution in [0.5, 0.6) is 0 Å². The molecule has 0 amide bonds. The van der Waals surface area contributed by atoms with E-state index in [-0.39, 0.29) is 6.04 Å². The number of ether oxygens (including phenoxy) is 1. The van der Waals surface area contributed by atoms with Crippen molar-refractivity contribution in [3.8, 4) is 6.07 Å². The molecule has 90 valence electrons. The zero-order valence-electron chi connectivity index (χ0n) is 9.46. The van der Waals surface area contributed by atoms with Gasteiger partial charge in [-0.3, -0.25) is 9.89 Å². The monoisotopic (exact) mass is 226 g/mol. The van der Waals surface area contributed by atoms with Crippen molar-refractivity contribution in [3.05, 3.63) is 0 Å². The second kappa shape index (κ2) is 6.55. The summed E-state index contributed by atoms with van der Waals surface area (Å²) in [4.78, 5) is 6.10. The maximum Gasteiger partial charge on any atom is 0.137 e. The van der Waals surface area contributed by atoms with E-state index in [1.807, 2.05) is 4.90 Å². The molecule has 1 saturated heterocycles. The lowest BCUT2D eigenvalue weighted by molar-refractivity contribution is 0.107. The number of hydrogen-bond acceptors (Lipinski definition) is 6. The zero-order chi connectivity index (χ0) is 12.0. The first-order valence-electron chi connectivity index (χ1n) is 5.25. The minimum absolute atomic E-state index is 0.181. The lowest BCUT2D eigenvalue weighted by Gasteiger charge is -2.32. The Morgan fingerprint density at radius 3 is 3.12 bits per heavy atom. The van der Waals surface area contributed by atoms with Gasteiger partial charge in [0.1, 0.15) is 13.0 Å². The lowest BCUT2D eigenvalue weighted by Crippen LogP contribution is -2.48. The smallest absolute Gasteiger partial charge is 0.137 e. The Bertz CT molecular complexity index is 285. The SMILES string of the molecule is COCN=C1CC[C@@H](C#N)N(CC(N)O)C1. The average molecular weight is 226 g/mol. The number of nitrogens with two attached hydrogens (primary N) is 1. The molecule has 6 heteroatoms. The number of β-amino-alcohol motifs (C(OH)–C–C–N with tert-alkyl or cyclic N) is 1. The summed E-state index contributed by atoms with van der Waals surface area (Å²) in [5.41, 5.74) is 6.32. The highest BCUT2D eigenvalue weighted by atomic mass is 16.5. The van der Waals surface area contributed by atoms with Crippen LogP contribution in [0, 0.1) is 11.3 Å². The molecule has 6 nitrogen and oxygen atoms in total. The molecule has 0 aromatic rings. The molecule has 0 aliphatic carbocycles. The topological polar surface area (TPSA) is 94.9 Å². The van der Waals surface area contributed by atoms with Gasteiger partial charge in [-0.1, -0.05) is 0 Å². The van der Waals surface area contributed by atoms with E-state index in [9.17, 15) is 0 Å². The van der Waals surface area contributed by atoms with Gasteiger partial charge in [-0.05, 0) is 12.8 Å². The van der Waals surface area contributed by atoms with Crippen LogP contribution in [0.25, 0.3) is 0 Å². The Morgan fingerprint density at radius 1 is 1.81 bits per heavy atom. The summed E-state index contributed by atoms with van der Waals surface area (Å²) in [5, 5.41) is 18.1. The van der Waals surface area contributed by atoms with Crippen LogP contribution in [-0.4, -0.2) is 54.9 Å². The number of aliphatic hydroxyl groups excluding tert-OH is 1. The van der Waals surface area contributed by atoms with Crippen molar-refractivity contribution in [3.63, 3.8) is 0 Å². The summed E-state index contributed by atoms with van der Waals surface area (Å²) in [5.74, 6) is 0. The number of rotatable bonds is 4. The summed E-state index contributed by atoms with van der Waals surface area (Å²) < 4.78 is 4.87. The van der Waals surface area contributed by atoms with Crippen LogP contribution in [-0.2, 0) is 4.74 Å². The number of nitriles is 1. The molecule has 1 rings (SSSR count). The molecule has 1 aliphatic rings. The summed E-state index contributed by atoms with van der Waals surface area (Å²) in [7, 11) is 1.59. The first kappa shape index (κ1) is 13.1. The van der Waals surface area contributed by atoms with Gasteiger partial charge in [-0.15, -0.1) is 0 Å². The summed E-state index contributed by atoms with van der Waals surface area (Å²) in [6, 6.07) is 2.03. The summed E-state index contributed by atoms with van der Waals surface area (Å²) in [6.07, 6.45) is 0.613. The van der Waals surface area contributed by atoms with E-state index in [0.717, 1.165) is 18.6 Å². The predicted octanol–water partition coefficient (Wildman–Crippen LogP) is -0.704. The van der Waals surface area contributed by atoms with Gasteiger partial charge in [0.05, 0.1) is 12.1 Å². The molecular weight excluding hydrogens is 208 g/mol. The lowest BCUT2D eigenvalue weighted by atomic mass is 10.0. The van der Waals surface area contributed by atoms with E-state index in [0.29, 0.717) is 19.8 Å². The molecular formula is C10H18N4O2. The highest BCUT2D eigenvalue weighted by Gasteiger charge is 2.26. The fourth-order valence-electron chi connectivity index (χ4n) is 1.77. The standard InChI is InChI=1S/C10H18N4O2/c1-16-7-13-8-2-3-9(4-11)14(5-8)6-10(12)15/h9-10,15H,2-3,5-7,12H2,1H3/t9-,10?/m0/s1. The number of likely N-dealkylation sites (tertiary alicyclic amines) is 1. The maximum absolute atomic E-state index is 9.14. The molecule has 2 atom stereocenters. The molecule has 3 N–H and O–H groups in total. The minimum Gasteiger partial charge on any atom is -0.377 e. The van der Waals surface area contributed by atoms with E-state index >= 15 is 0 Å². The first-order chi connectivity index (χ1) is 7.67. The third-order valence-corrected chi connectivity index (χ3v) is 2.52. The van der Waals surface area contributed by atoms with Gasteiger partial charge in [-0.2, -0.15) is 5.26 Å². The Kier molecular flexibility index (Phi) is 5.35. The second-order valence-electron chi connectivity index (χ2n) is 3.82. The van der Waals surface area contributed by atoms with Crippen LogP contribution in [0.2, 0.25) is 0 Å². The Morgan fingerprint density at radius 2 is 2.56 bits per heavy atom. The number of methoxy groups -OCH3 is 1. The summed E-state index contributed by atoms with van der Waals surface area (Å²) >= 11 is 0. The van der Waals surface area contributed by atoms with E-state index in [2.05, 4.69) is 11.1 Å². The summed E-state index contributed by atoms with van der Waals surface area (Å²) in [6.45, 7) is 1.21. The van der Waals surface area contributed by atoms with Crippen molar-refractivity contribution in [1.82, 2.24) is 4.90 Å². The van der Waals surface area contributed by atoms with Crippen molar-refractivity contribution in [1.29, 1.82) is 5.26 Å². The van der Waals surface area contributed by atoms with Gasteiger partial charge in [0.25, 0.3) is 0 Å². The Labute approximate surface area is 95.3 Å². The molecule has 1 aliphatic heterocycles. The molecule has 16 heavy (non-hydrogen) atoms. The molecule has 0 spiro atoms. The first-order valence-corrected chi connectivity index (χ1v) is 5.25. The minimum atomic E-state index is -0.919. The van der Waals surface area contributed by atoms with Crippen LogP contribution < -0.4 is 5.73 Å². The third kappa shape index (κ3) is 3.87. The number of piperidine rings is 1. The van der Waals surface area contributed by atoms with Gasteiger partial charge in [0.2, 0.25) is 0 Å². The fourth-order valence-corrected chi connectivity index (χ4v) is 1.77. The largest absolute Gasteiger partial charge is 0.377 e. The van der Waals surface area contributed by atoms with Gasteiger partial charge >= 0.3 is 0 Å². The van der Waals surface area contributed by atoms with Crippen LogP contribution in [0.3, 0.4) is 0 Å². The molecule has 0 aromatic heterocycles. The van der Waals surface area contributed by atoms with Crippen molar-refractivity contribution < 1.29 is 9.84 Å². The normalized spacial score (nSPS) is 26.6. The number of nitrogens with zero attached hydrogens (tertiary/aromatic N) is 3. The molecule has 0 radical (unpaired) electrons. The van der Waals surface area contributed by atoms with Crippen molar-refractivity contribution >= 4 is 5.71 Å². The van der Waals surface area contributed by atoms with Gasteiger partial charge in [0.15, 0.2) is 0 Å². The van der Waals surface area contributed by atoms with Crippen molar-refractivity contribution in [2.45, 2.75) is 25.1 Å². The molecule has 1 unspecified atom stereocenters. The van der Waals surface area contributed by atoms with Crippen LogP contribution >= 0.6 is 0 Å². The van der Waals surface area contributed by atoms with Crippen LogP contribution in [0.15, 0.2) is 4.99 Å². The Hall–Kier alpha value is -1.00. The highest BCUT2D eigenvalue weighted by molar-refractivity contribution is 5.87. The van der Waals surface area contributed by atoms with E-state index in [1.54, 1.807) is 7.11 Å². The zero-order valence-corrected chi connectivity index (χ0v) is 9.46. The molecule has 1 heterocycles. The quantitative estimate of drug-likeness (QED) is 0.618. The van der Waals surface area contributed by atoms with Crippen molar-refractivity contribution in [2.24, 2.45) is 10.7 Å².